The van der Waals surface area contributed by atoms with Crippen molar-refractivity contribution in [1.29, 1.82) is 0 Å². The standard InChI is InChI=1S/C12H16NO4P.C12H18NO2P.C11H12NO4P.C10H14NO5P.C7H6Cl2NO4P.C7H6ClNO3.C7H9N.C4H11O3P.C2H3.BrH.2ClH.Mg.Sn/c1-17-12-9-10(5-6-11(12)13(14)15)18(16)7-3-2-4-8-18;1-15-12-9-10(5-6-11(12)13)16(14)7-3-2-4-8-16;1-4-17(15,5-2)9-6-7-10(12(13)14)11(8-9)16-3;1-4-16-17(3,14)8-5-6-9(11(12)13)10(7-8)15-2;1-14-7-4-5(15(8,9)13)2-3-6(7)10(11)12;1-12-7-4-5(8)2-3-6(7)9(10)11;8-6-7-4-2-1-3-5-7;1-3-6-8(5)7-4-2;1-2;;;;;/h5-6,9H,2-4,7-8H2,1H3;5-6,9H,2-4,7-8,13H2,1H3;4-8H,1-2H2,3H3;5-7H,4H2,1-3H3;2-4H,1H3;2-4H,1H3;1-5H,6,8H2;5H,3-4H2,1-2H3;1H,2H2;3*1H;;/q;;;;;;;;-1;;;;2*+2/p-3. The first-order valence-corrected chi connectivity index (χ1v) is 54.5. The smallest absolute Gasteiger partial charge is 2.00 e. The van der Waals surface area contributed by atoms with Crippen molar-refractivity contribution in [2.45, 2.75) is 65.8 Å². The van der Waals surface area contributed by atoms with Crippen molar-refractivity contribution in [3.05, 3.63) is 239 Å². The Hall–Kier alpha value is -5.77. The Morgan fingerprint density at radius 3 is 1.16 bits per heavy atom. The summed E-state index contributed by atoms with van der Waals surface area (Å²) in [6.07, 6.45) is 9.48. The molecule has 5 N–H and O–H groups in total. The fourth-order valence-electron chi connectivity index (χ4n) is 9.95. The molecular weight excluding hydrogens is 1950 g/mol. The predicted molar refractivity (Wildman–Crippen MR) is 474 cm³/mol. The number of nitrogen functional groups attached to an aromatic ring is 1. The van der Waals surface area contributed by atoms with E-state index in [0.717, 1.165) is 55.8 Å². The topological polar surface area (TPSA) is 456 Å². The first-order valence-electron chi connectivity index (χ1n) is 34.1. The average Bonchev–Trinajstić information content (AvgIpc) is 0.803. The molecule has 1 unspecified atom stereocenters. The minimum atomic E-state index is -3.47. The van der Waals surface area contributed by atoms with Gasteiger partial charge >= 0.3 is 96.8 Å². The Bertz CT molecular complexity index is 4550. The number of nitrogens with two attached hydrogens (primary N) is 2. The summed E-state index contributed by atoms with van der Waals surface area (Å²) >= 11 is 15.6. The summed E-state index contributed by atoms with van der Waals surface area (Å²) in [5.41, 5.74) is 12.2. The van der Waals surface area contributed by atoms with E-state index in [9.17, 15) is 73.4 Å². The second kappa shape index (κ2) is 61.5. The molecular formula is C72H95BrCl5MgN7O25P6Sn. The van der Waals surface area contributed by atoms with Crippen LogP contribution in [0.15, 0.2) is 171 Å². The molecule has 2 aliphatic heterocycles. The minimum Gasteiger partial charge on any atom is 2.00 e. The zero-order valence-corrected chi connectivity index (χ0v) is 81.3. The van der Waals surface area contributed by atoms with E-state index in [1.165, 1.54) is 139 Å². The predicted octanol–water partition coefficient (Wildman–Crippen LogP) is 16.1. The second-order valence-corrected chi connectivity index (χ2v) is 44.9. The van der Waals surface area contributed by atoms with Gasteiger partial charge in [0, 0.05) is 118 Å². The van der Waals surface area contributed by atoms with Gasteiger partial charge in [-0.25, -0.2) is 0 Å². The Morgan fingerprint density at radius 1 is 0.517 bits per heavy atom. The fourth-order valence-corrected chi connectivity index (χ4v) is 20.1. The van der Waals surface area contributed by atoms with Gasteiger partial charge < -0.3 is 95.6 Å². The Labute approximate surface area is 746 Å². The molecule has 7 aromatic carbocycles. The van der Waals surface area contributed by atoms with Gasteiger partial charge in [-0.2, -0.15) is 0 Å². The zero-order chi connectivity index (χ0) is 88.6. The quantitative estimate of drug-likeness (QED) is 0.0119. The molecule has 9 rings (SSSR count). The molecule has 0 bridgehead atoms. The maximum absolute atomic E-state index is 12.8. The summed E-state index contributed by atoms with van der Waals surface area (Å²) in [5.74, 6) is 0.237. The molecule has 7 aromatic rings. The molecule has 2 heterocycles. The van der Waals surface area contributed by atoms with Crippen LogP contribution >= 0.6 is 95.2 Å². The summed E-state index contributed by atoms with van der Waals surface area (Å²) in [7, 11) is 6.18. The van der Waals surface area contributed by atoms with E-state index in [1.807, 2.05) is 56.3 Å². The number of nitro groups is 5. The molecule has 646 valence electrons. The van der Waals surface area contributed by atoms with E-state index < -0.39 is 86.7 Å². The largest absolute Gasteiger partial charge is 2.00 e. The molecule has 46 heteroatoms. The van der Waals surface area contributed by atoms with Crippen molar-refractivity contribution in [1.82, 2.24) is 0 Å². The number of benzene rings is 7. The van der Waals surface area contributed by atoms with Gasteiger partial charge in [-0.15, -0.1) is 0 Å². The van der Waals surface area contributed by atoms with E-state index in [4.69, 9.17) is 101 Å². The van der Waals surface area contributed by atoms with Crippen molar-refractivity contribution in [2.75, 3.05) is 99.5 Å². The van der Waals surface area contributed by atoms with E-state index in [1.54, 1.807) is 32.2 Å². The average molecular weight is 2040 g/mol. The molecule has 1 atom stereocenters. The summed E-state index contributed by atoms with van der Waals surface area (Å²) in [5, 5.41) is 56.1. The molecule has 0 aliphatic carbocycles. The van der Waals surface area contributed by atoms with Crippen LogP contribution in [0.4, 0.5) is 34.1 Å². The van der Waals surface area contributed by atoms with E-state index in [2.05, 4.69) is 35.4 Å². The monoisotopic (exact) mass is 2040 g/mol. The minimum absolute atomic E-state index is 0. The summed E-state index contributed by atoms with van der Waals surface area (Å²) in [6, 6.07) is 36.0. The van der Waals surface area contributed by atoms with Crippen LogP contribution in [0.25, 0.3) is 0 Å². The fraction of sp³-hybridized carbons (Fsp3) is 0.333. The third kappa shape index (κ3) is 40.5. The van der Waals surface area contributed by atoms with E-state index in [-0.39, 0.29) is 103 Å². The summed E-state index contributed by atoms with van der Waals surface area (Å²) in [6.45, 7) is 22.7. The number of nitrogens with zero attached hydrogens (tertiary/aromatic N) is 5. The molecule has 2 saturated heterocycles. The molecule has 2 aliphatic rings. The van der Waals surface area contributed by atoms with Gasteiger partial charge in [0.25, 0.3) is 5.85 Å². The van der Waals surface area contributed by atoms with Crippen LogP contribution in [-0.4, -0.2) is 165 Å². The number of hydrogen-bond donors (Lipinski definition) is 3. The number of rotatable bonds is 25. The Kier molecular flexibility index (Phi) is 60.7. The summed E-state index contributed by atoms with van der Waals surface area (Å²) in [4.78, 5) is 59.0. The second-order valence-electron chi connectivity index (χ2n) is 22.9. The normalized spacial score (nSPS) is 12.9. The third-order valence-electron chi connectivity index (χ3n) is 15.7. The van der Waals surface area contributed by atoms with Crippen molar-refractivity contribution in [2.24, 2.45) is 5.73 Å². The number of anilines is 1. The van der Waals surface area contributed by atoms with Gasteiger partial charge in [0.15, 0.2) is 35.9 Å². The Morgan fingerprint density at radius 2 is 0.831 bits per heavy atom. The van der Waals surface area contributed by atoms with Gasteiger partial charge in [-0.05, 0) is 147 Å². The number of methoxy groups -OCH3 is 6. The van der Waals surface area contributed by atoms with Gasteiger partial charge in [-0.1, -0.05) is 67.9 Å². The molecule has 2 fully saturated rings. The van der Waals surface area contributed by atoms with Crippen LogP contribution < -0.4 is 83.4 Å². The van der Waals surface area contributed by atoms with Gasteiger partial charge in [0.05, 0.1) is 92.8 Å². The van der Waals surface area contributed by atoms with Crippen molar-refractivity contribution < 1.29 is 111 Å². The number of hydrogen-bond acceptors (Lipinski definition) is 27. The number of ether oxygens (including phenoxy) is 6. The third-order valence-corrected chi connectivity index (χ3v) is 29.6. The van der Waals surface area contributed by atoms with Gasteiger partial charge in [0.2, 0.25) is 7.37 Å². The SMILES string of the molecule is C=CP(=O)(C=C)c1ccc([N+](=O)[O-])c(OC)c1.CCOP(C)(=O)c1ccc([N+](=O)[O-])c(OC)c1.CCOP(O)OCC.COc1cc(Cl)ccc1[N+](=O)[O-].COc1cc(P(=O)(Cl)Cl)ccc1[N+](=O)[O-].COc1cc(P2(=O)CCCCC2)ccc1N.COc1cc(P2(=O)CCCCC2)ccc1[N+](=O)[O-].NCc1ccccc1.[Br-].[CH-]=C.[Cl][Sn][Cl].[Mg+2]. The number of halogens is 6. The first kappa shape index (κ1) is 116. The summed E-state index contributed by atoms with van der Waals surface area (Å²) < 4.78 is 105. The molecule has 2 radical (unpaired) electrons. The molecule has 118 heavy (non-hydrogen) atoms. The van der Waals surface area contributed by atoms with Crippen LogP contribution in [0.5, 0.6) is 34.5 Å². The molecule has 0 spiro atoms. The van der Waals surface area contributed by atoms with Gasteiger partial charge in [-0.3, -0.25) is 66.3 Å². The molecule has 0 aromatic heterocycles. The van der Waals surface area contributed by atoms with Crippen LogP contribution in [0, 0.1) is 57.2 Å². The molecule has 0 saturated carbocycles. The zero-order valence-electron chi connectivity index (χ0n) is 66.3. The maximum Gasteiger partial charge on any atom is 2.00 e. The van der Waals surface area contributed by atoms with Crippen molar-refractivity contribution in [3.63, 3.8) is 0 Å². The first-order chi connectivity index (χ1) is 54.8. The van der Waals surface area contributed by atoms with E-state index >= 15 is 0 Å². The van der Waals surface area contributed by atoms with Crippen LogP contribution in [0.1, 0.15) is 64.9 Å². The molecule has 0 amide bonds. The Balaban J connectivity index is -0.00000128. The number of nitro benzene ring substituents is 5. The van der Waals surface area contributed by atoms with E-state index in [0.29, 0.717) is 71.1 Å². The van der Waals surface area contributed by atoms with Crippen LogP contribution in [0.3, 0.4) is 0 Å². The molecule has 32 nitrogen and oxygen atoms in total. The van der Waals surface area contributed by atoms with Gasteiger partial charge in [0.1, 0.15) is 20.0 Å². The van der Waals surface area contributed by atoms with Crippen LogP contribution in [-0.2, 0) is 42.9 Å². The van der Waals surface area contributed by atoms with Crippen molar-refractivity contribution in [3.8, 4) is 34.5 Å². The maximum atomic E-state index is 12.8. The van der Waals surface area contributed by atoms with Crippen molar-refractivity contribution >= 4 is 198 Å². The van der Waals surface area contributed by atoms with Crippen LogP contribution in [0.2, 0.25) is 5.02 Å².